The van der Waals surface area contributed by atoms with Gasteiger partial charge in [-0.2, -0.15) is 5.10 Å². The zero-order chi connectivity index (χ0) is 24.2. The second kappa shape index (κ2) is 9.77. The van der Waals surface area contributed by atoms with Gasteiger partial charge in [-0.25, -0.2) is 14.6 Å². The summed E-state index contributed by atoms with van der Waals surface area (Å²) in [5, 5.41) is 10.9. The fourth-order valence-corrected chi connectivity index (χ4v) is 3.97. The van der Waals surface area contributed by atoms with Crippen molar-refractivity contribution in [3.8, 4) is 5.82 Å². The van der Waals surface area contributed by atoms with Gasteiger partial charge >= 0.3 is 0 Å². The highest BCUT2D eigenvalue weighted by Crippen LogP contribution is 2.25. The van der Waals surface area contributed by atoms with E-state index < -0.39 is 0 Å². The maximum atomic E-state index is 12.6. The van der Waals surface area contributed by atoms with Crippen LogP contribution in [0.15, 0.2) is 84.9 Å². The van der Waals surface area contributed by atoms with Gasteiger partial charge in [-0.05, 0) is 68.3 Å². The third kappa shape index (κ3) is 5.04. The maximum absolute atomic E-state index is 12.6. The molecule has 0 aliphatic rings. The molecule has 7 nitrogen and oxygen atoms in total. The first-order valence-corrected chi connectivity index (χ1v) is 11.6. The Hall–Kier alpha value is -4.52. The zero-order valence-corrected chi connectivity index (χ0v) is 19.7. The van der Waals surface area contributed by atoms with Crippen LogP contribution in [0.25, 0.3) is 16.9 Å². The Balaban J connectivity index is 1.34. The number of carbonyl (C=O) groups excluding carboxylic acids is 1. The van der Waals surface area contributed by atoms with Gasteiger partial charge in [0.2, 0.25) is 0 Å². The molecule has 35 heavy (non-hydrogen) atoms. The highest BCUT2D eigenvalue weighted by molar-refractivity contribution is 5.94. The first-order valence-electron chi connectivity index (χ1n) is 11.6. The standard InChI is InChI=1S/C28H26N6O/c1-19-18-20(2)34(33-19)27-26(31-24-10-6-7-11-25(24)32-27)30-23-14-12-22(13-15-23)28(35)29-17-16-21-8-4-3-5-9-21/h3-15,18H,16-17H2,1-2H3,(H,29,35)(H,30,31). The third-order valence-electron chi connectivity index (χ3n) is 5.71. The first kappa shape index (κ1) is 22.3. The molecule has 0 unspecified atom stereocenters. The van der Waals surface area contributed by atoms with Crippen LogP contribution in [-0.2, 0) is 6.42 Å². The van der Waals surface area contributed by atoms with Crippen molar-refractivity contribution in [2.24, 2.45) is 0 Å². The summed E-state index contributed by atoms with van der Waals surface area (Å²) in [4.78, 5) is 22.2. The second-order valence-electron chi connectivity index (χ2n) is 8.42. The molecule has 2 N–H and O–H groups in total. The van der Waals surface area contributed by atoms with E-state index in [9.17, 15) is 4.79 Å². The summed E-state index contributed by atoms with van der Waals surface area (Å²) in [6.07, 6.45) is 0.794. The molecule has 0 aliphatic carbocycles. The molecule has 0 spiro atoms. The monoisotopic (exact) mass is 462 g/mol. The molecule has 0 saturated carbocycles. The molecule has 0 bridgehead atoms. The fraction of sp³-hybridized carbons (Fsp3) is 0.143. The topological polar surface area (TPSA) is 84.7 Å². The third-order valence-corrected chi connectivity index (χ3v) is 5.71. The number of hydrogen-bond acceptors (Lipinski definition) is 5. The van der Waals surface area contributed by atoms with E-state index in [1.807, 2.05) is 74.5 Å². The van der Waals surface area contributed by atoms with Crippen LogP contribution in [0.4, 0.5) is 11.5 Å². The normalized spacial score (nSPS) is 10.9. The van der Waals surface area contributed by atoms with Crippen molar-refractivity contribution >= 4 is 28.4 Å². The van der Waals surface area contributed by atoms with E-state index in [1.54, 1.807) is 16.8 Å². The van der Waals surface area contributed by atoms with Gasteiger partial charge in [0.25, 0.3) is 5.91 Å². The van der Waals surface area contributed by atoms with Crippen LogP contribution in [0.1, 0.15) is 27.3 Å². The molecule has 174 valence electrons. The van der Waals surface area contributed by atoms with Gasteiger partial charge < -0.3 is 10.6 Å². The van der Waals surface area contributed by atoms with Crippen molar-refractivity contribution in [2.45, 2.75) is 20.3 Å². The molecule has 7 heteroatoms. The Morgan fingerprint density at radius 3 is 2.23 bits per heavy atom. The molecule has 5 aromatic rings. The molecule has 2 aromatic heterocycles. The number of rotatable bonds is 7. The van der Waals surface area contributed by atoms with E-state index in [2.05, 4.69) is 27.9 Å². The SMILES string of the molecule is Cc1cc(C)n(-c2nc3ccccc3nc2Nc2ccc(C(=O)NCCc3ccccc3)cc2)n1. The zero-order valence-electron chi connectivity index (χ0n) is 19.7. The Labute approximate surface area is 203 Å². The molecule has 0 aliphatic heterocycles. The number of carbonyl (C=O) groups is 1. The Morgan fingerprint density at radius 1 is 0.857 bits per heavy atom. The average molecular weight is 463 g/mol. The van der Waals surface area contributed by atoms with Crippen molar-refractivity contribution in [2.75, 3.05) is 11.9 Å². The van der Waals surface area contributed by atoms with Crippen molar-refractivity contribution in [1.29, 1.82) is 0 Å². The number of fused-ring (bicyclic) bond motifs is 1. The minimum Gasteiger partial charge on any atom is -0.352 e. The molecule has 1 amide bonds. The van der Waals surface area contributed by atoms with Crippen LogP contribution in [0.3, 0.4) is 0 Å². The van der Waals surface area contributed by atoms with Crippen LogP contribution in [0.2, 0.25) is 0 Å². The summed E-state index contributed by atoms with van der Waals surface area (Å²) in [7, 11) is 0. The predicted octanol–water partition coefficient (Wildman–Crippen LogP) is 5.15. The van der Waals surface area contributed by atoms with Crippen molar-refractivity contribution in [3.63, 3.8) is 0 Å². The molecule has 0 radical (unpaired) electrons. The molecule has 0 atom stereocenters. The van der Waals surface area contributed by atoms with Crippen LogP contribution >= 0.6 is 0 Å². The van der Waals surface area contributed by atoms with Crippen LogP contribution in [0.5, 0.6) is 0 Å². The van der Waals surface area contributed by atoms with Crippen LogP contribution in [-0.4, -0.2) is 32.2 Å². The van der Waals surface area contributed by atoms with Crippen molar-refractivity contribution in [3.05, 3.63) is 107 Å². The molecule has 5 rings (SSSR count). The van der Waals surface area contributed by atoms with E-state index in [-0.39, 0.29) is 5.91 Å². The van der Waals surface area contributed by atoms with Crippen LogP contribution in [0, 0.1) is 13.8 Å². The number of para-hydroxylation sites is 2. The fourth-order valence-electron chi connectivity index (χ4n) is 3.97. The quantitative estimate of drug-likeness (QED) is 0.349. The average Bonchev–Trinajstić information content (AvgIpc) is 3.22. The highest BCUT2D eigenvalue weighted by Gasteiger charge is 2.15. The van der Waals surface area contributed by atoms with Gasteiger partial charge in [0.05, 0.1) is 16.7 Å². The molecule has 2 heterocycles. The molecular weight excluding hydrogens is 436 g/mol. The number of hydrogen-bond donors (Lipinski definition) is 2. The molecular formula is C28H26N6O. The largest absolute Gasteiger partial charge is 0.352 e. The Morgan fingerprint density at radius 2 is 1.54 bits per heavy atom. The number of nitrogens with one attached hydrogen (secondary N) is 2. The Kier molecular flexibility index (Phi) is 6.22. The summed E-state index contributed by atoms with van der Waals surface area (Å²) in [5.41, 5.74) is 6.06. The van der Waals surface area contributed by atoms with Gasteiger partial charge in [0, 0.05) is 23.5 Å². The number of benzene rings is 3. The van der Waals surface area contributed by atoms with E-state index in [4.69, 9.17) is 9.97 Å². The molecule has 0 fully saturated rings. The minimum atomic E-state index is -0.0960. The first-order chi connectivity index (χ1) is 17.1. The lowest BCUT2D eigenvalue weighted by Gasteiger charge is -2.13. The lowest BCUT2D eigenvalue weighted by molar-refractivity contribution is 0.0954. The Bertz CT molecular complexity index is 1480. The maximum Gasteiger partial charge on any atom is 0.251 e. The summed E-state index contributed by atoms with van der Waals surface area (Å²) >= 11 is 0. The molecule has 0 saturated heterocycles. The molecule has 3 aromatic carbocycles. The number of anilines is 2. The van der Waals surface area contributed by atoms with E-state index >= 15 is 0 Å². The highest BCUT2D eigenvalue weighted by atomic mass is 16.1. The lowest BCUT2D eigenvalue weighted by atomic mass is 10.1. The number of aryl methyl sites for hydroxylation is 2. The van der Waals surface area contributed by atoms with Gasteiger partial charge in [0.1, 0.15) is 0 Å². The number of amides is 1. The summed E-state index contributed by atoms with van der Waals surface area (Å²) in [5.74, 6) is 1.12. The van der Waals surface area contributed by atoms with E-state index in [1.165, 1.54) is 5.56 Å². The second-order valence-corrected chi connectivity index (χ2v) is 8.42. The van der Waals surface area contributed by atoms with E-state index in [0.29, 0.717) is 23.7 Å². The number of aromatic nitrogens is 4. The van der Waals surface area contributed by atoms with E-state index in [0.717, 1.165) is 34.5 Å². The predicted molar refractivity (Wildman–Crippen MR) is 138 cm³/mol. The van der Waals surface area contributed by atoms with Gasteiger partial charge in [-0.3, -0.25) is 4.79 Å². The van der Waals surface area contributed by atoms with Gasteiger partial charge in [-0.1, -0.05) is 42.5 Å². The summed E-state index contributed by atoms with van der Waals surface area (Å²) in [6.45, 7) is 4.53. The minimum absolute atomic E-state index is 0.0960. The summed E-state index contributed by atoms with van der Waals surface area (Å²) in [6, 6.07) is 27.2. The van der Waals surface area contributed by atoms with Crippen molar-refractivity contribution < 1.29 is 4.79 Å². The van der Waals surface area contributed by atoms with Crippen LogP contribution < -0.4 is 10.6 Å². The summed E-state index contributed by atoms with van der Waals surface area (Å²) < 4.78 is 1.80. The van der Waals surface area contributed by atoms with Gasteiger partial charge in [-0.15, -0.1) is 0 Å². The lowest BCUT2D eigenvalue weighted by Crippen LogP contribution is -2.25. The number of nitrogens with zero attached hydrogens (tertiary/aromatic N) is 4. The smallest absolute Gasteiger partial charge is 0.251 e. The van der Waals surface area contributed by atoms with Crippen molar-refractivity contribution in [1.82, 2.24) is 25.1 Å². The van der Waals surface area contributed by atoms with Gasteiger partial charge in [0.15, 0.2) is 11.6 Å².